The normalized spacial score (nSPS) is 20.8. The maximum atomic E-state index is 5.72. The van der Waals surface area contributed by atoms with Crippen LogP contribution >= 0.6 is 0 Å². The fourth-order valence-corrected chi connectivity index (χ4v) is 2.27. The first kappa shape index (κ1) is 21.3. The largest absolute Gasteiger partial charge is 0.377 e. The Labute approximate surface area is 145 Å². The smallest absolute Gasteiger partial charge is 0.107 e. The molecule has 1 heterocycles. The van der Waals surface area contributed by atoms with Crippen LogP contribution in [0.3, 0.4) is 0 Å². The van der Waals surface area contributed by atoms with Crippen molar-refractivity contribution in [2.24, 2.45) is 0 Å². The Morgan fingerprint density at radius 2 is 1.46 bits per heavy atom. The van der Waals surface area contributed by atoms with Crippen LogP contribution in [0.4, 0.5) is 0 Å². The number of hydrogen-bond acceptors (Lipinski definition) is 6. The molecule has 0 aromatic rings. The van der Waals surface area contributed by atoms with E-state index in [1.165, 1.54) is 0 Å². The van der Waals surface area contributed by atoms with Crippen molar-refractivity contribution >= 4 is 0 Å². The Bertz CT molecular complexity index is 310. The average molecular weight is 344 g/mol. The highest BCUT2D eigenvalue weighted by Gasteiger charge is 2.26. The highest BCUT2D eigenvalue weighted by atomic mass is 16.6. The molecule has 1 fully saturated rings. The molecule has 0 spiro atoms. The summed E-state index contributed by atoms with van der Waals surface area (Å²) in [5.74, 6) is 0. The molecular formula is C18H32O6. The van der Waals surface area contributed by atoms with E-state index in [1.807, 2.05) is 0 Å². The van der Waals surface area contributed by atoms with Gasteiger partial charge in [0, 0.05) is 6.61 Å². The van der Waals surface area contributed by atoms with Crippen LogP contribution in [0.25, 0.3) is 0 Å². The van der Waals surface area contributed by atoms with Gasteiger partial charge in [0.1, 0.15) is 6.10 Å². The Kier molecular flexibility index (Phi) is 14.0. The molecule has 0 aliphatic carbocycles. The fourth-order valence-electron chi connectivity index (χ4n) is 2.27. The van der Waals surface area contributed by atoms with Gasteiger partial charge in [0.15, 0.2) is 0 Å². The topological polar surface area (TPSA) is 55.4 Å². The van der Waals surface area contributed by atoms with Crippen LogP contribution in [0.2, 0.25) is 0 Å². The van der Waals surface area contributed by atoms with Gasteiger partial charge in [-0.2, -0.15) is 0 Å². The molecule has 6 heteroatoms. The molecule has 1 aliphatic rings. The van der Waals surface area contributed by atoms with E-state index in [0.717, 1.165) is 19.4 Å². The van der Waals surface area contributed by atoms with Gasteiger partial charge in [-0.1, -0.05) is 12.2 Å². The van der Waals surface area contributed by atoms with Gasteiger partial charge >= 0.3 is 0 Å². The lowest BCUT2D eigenvalue weighted by Gasteiger charge is -2.31. The van der Waals surface area contributed by atoms with E-state index in [2.05, 4.69) is 13.2 Å². The first-order valence-corrected chi connectivity index (χ1v) is 8.64. The van der Waals surface area contributed by atoms with Gasteiger partial charge in [0.2, 0.25) is 0 Å². The van der Waals surface area contributed by atoms with Crippen molar-refractivity contribution in [1.29, 1.82) is 0 Å². The zero-order valence-corrected chi connectivity index (χ0v) is 14.7. The molecule has 2 atom stereocenters. The van der Waals surface area contributed by atoms with Crippen molar-refractivity contribution in [3.8, 4) is 0 Å². The first-order chi connectivity index (χ1) is 11.9. The highest BCUT2D eigenvalue weighted by molar-refractivity contribution is 4.77. The van der Waals surface area contributed by atoms with Gasteiger partial charge in [-0.05, 0) is 12.8 Å². The molecule has 0 bridgehead atoms. The SMILES string of the molecule is C=CCOCCOCCOCCOC[C@H]1OCCC[C@@H]1OCC=C. The summed E-state index contributed by atoms with van der Waals surface area (Å²) in [5.41, 5.74) is 0. The zero-order valence-electron chi connectivity index (χ0n) is 14.7. The van der Waals surface area contributed by atoms with Gasteiger partial charge in [-0.3, -0.25) is 0 Å². The third-order valence-electron chi connectivity index (χ3n) is 3.44. The molecule has 1 aliphatic heterocycles. The van der Waals surface area contributed by atoms with Crippen LogP contribution in [-0.4, -0.2) is 78.3 Å². The predicted molar refractivity (Wildman–Crippen MR) is 92.4 cm³/mol. The zero-order chi connectivity index (χ0) is 17.3. The summed E-state index contributed by atoms with van der Waals surface area (Å²) in [6.07, 6.45) is 5.60. The first-order valence-electron chi connectivity index (χ1n) is 8.64. The Balaban J connectivity index is 1.90. The minimum Gasteiger partial charge on any atom is -0.377 e. The maximum absolute atomic E-state index is 5.72. The second kappa shape index (κ2) is 15.7. The molecule has 0 aromatic heterocycles. The third kappa shape index (κ3) is 10.9. The minimum absolute atomic E-state index is 0.00222. The molecule has 0 amide bonds. The van der Waals surface area contributed by atoms with Gasteiger partial charge in [0.25, 0.3) is 0 Å². The lowest BCUT2D eigenvalue weighted by Crippen LogP contribution is -2.39. The lowest BCUT2D eigenvalue weighted by atomic mass is 10.1. The van der Waals surface area contributed by atoms with Crippen molar-refractivity contribution in [3.05, 3.63) is 25.3 Å². The van der Waals surface area contributed by atoms with E-state index in [4.69, 9.17) is 28.4 Å². The van der Waals surface area contributed by atoms with Crippen molar-refractivity contribution in [1.82, 2.24) is 0 Å². The van der Waals surface area contributed by atoms with Crippen LogP contribution in [0.15, 0.2) is 25.3 Å². The number of ether oxygens (including phenoxy) is 6. The van der Waals surface area contributed by atoms with E-state index in [1.54, 1.807) is 12.2 Å². The molecule has 0 saturated carbocycles. The Hall–Kier alpha value is -0.760. The Morgan fingerprint density at radius 3 is 2.12 bits per heavy atom. The summed E-state index contributed by atoms with van der Waals surface area (Å²) >= 11 is 0. The van der Waals surface area contributed by atoms with E-state index in [0.29, 0.717) is 59.5 Å². The summed E-state index contributed by atoms with van der Waals surface area (Å²) in [6.45, 7) is 13.0. The van der Waals surface area contributed by atoms with Crippen LogP contribution < -0.4 is 0 Å². The van der Waals surface area contributed by atoms with Crippen LogP contribution in [0.1, 0.15) is 12.8 Å². The second-order valence-corrected chi connectivity index (χ2v) is 5.38. The van der Waals surface area contributed by atoms with E-state index >= 15 is 0 Å². The van der Waals surface area contributed by atoms with E-state index in [9.17, 15) is 0 Å². The van der Waals surface area contributed by atoms with E-state index < -0.39 is 0 Å². The molecule has 24 heavy (non-hydrogen) atoms. The van der Waals surface area contributed by atoms with Crippen molar-refractivity contribution in [2.75, 3.05) is 66.1 Å². The average Bonchev–Trinajstić information content (AvgIpc) is 2.61. The minimum atomic E-state index is -0.00222. The van der Waals surface area contributed by atoms with Gasteiger partial charge in [-0.25, -0.2) is 0 Å². The molecular weight excluding hydrogens is 312 g/mol. The quantitative estimate of drug-likeness (QED) is 0.315. The predicted octanol–water partition coefficient (Wildman–Crippen LogP) is 1.99. The van der Waals surface area contributed by atoms with Gasteiger partial charge in [0.05, 0.1) is 65.6 Å². The monoisotopic (exact) mass is 344 g/mol. The molecule has 6 nitrogen and oxygen atoms in total. The molecule has 0 radical (unpaired) electrons. The standard InChI is InChI=1S/C18H32O6/c1-3-7-19-10-11-20-12-13-21-14-15-22-16-18-17(23-8-4-2)6-5-9-24-18/h3-4,17-18H,1-2,5-16H2/t17-,18+/m0/s1. The van der Waals surface area contributed by atoms with Crippen LogP contribution in [-0.2, 0) is 28.4 Å². The summed E-state index contributed by atoms with van der Waals surface area (Å²) in [6, 6.07) is 0. The lowest BCUT2D eigenvalue weighted by molar-refractivity contribution is -0.129. The summed E-state index contributed by atoms with van der Waals surface area (Å²) in [4.78, 5) is 0. The van der Waals surface area contributed by atoms with Gasteiger partial charge < -0.3 is 28.4 Å². The van der Waals surface area contributed by atoms with Crippen LogP contribution in [0, 0.1) is 0 Å². The van der Waals surface area contributed by atoms with Crippen LogP contribution in [0.5, 0.6) is 0 Å². The third-order valence-corrected chi connectivity index (χ3v) is 3.44. The molecule has 0 unspecified atom stereocenters. The van der Waals surface area contributed by atoms with Crippen molar-refractivity contribution in [3.63, 3.8) is 0 Å². The summed E-state index contributed by atoms with van der Waals surface area (Å²) in [5, 5.41) is 0. The van der Waals surface area contributed by atoms with Crippen molar-refractivity contribution < 1.29 is 28.4 Å². The van der Waals surface area contributed by atoms with Crippen molar-refractivity contribution in [2.45, 2.75) is 25.0 Å². The number of hydrogen-bond donors (Lipinski definition) is 0. The van der Waals surface area contributed by atoms with E-state index in [-0.39, 0.29) is 12.2 Å². The summed E-state index contributed by atoms with van der Waals surface area (Å²) < 4.78 is 33.1. The molecule has 1 rings (SSSR count). The maximum Gasteiger partial charge on any atom is 0.107 e. The summed E-state index contributed by atoms with van der Waals surface area (Å²) in [7, 11) is 0. The fraction of sp³-hybridized carbons (Fsp3) is 0.778. The molecule has 1 saturated heterocycles. The molecule has 0 aromatic carbocycles. The molecule has 140 valence electrons. The van der Waals surface area contributed by atoms with Gasteiger partial charge in [-0.15, -0.1) is 13.2 Å². The Morgan fingerprint density at radius 1 is 0.833 bits per heavy atom. The number of rotatable bonds is 16. The molecule has 0 N–H and O–H groups in total. The highest BCUT2D eigenvalue weighted by Crippen LogP contribution is 2.17. The second-order valence-electron chi connectivity index (χ2n) is 5.38.